The Morgan fingerprint density at radius 3 is 2.96 bits per heavy atom. The molecule has 1 aliphatic carbocycles. The predicted molar refractivity (Wildman–Crippen MR) is 94.6 cm³/mol. The molecule has 2 fully saturated rings. The SMILES string of the molecule is CO[C@@]12CC[C@@H](NC(=O)c3cc(C)on3)C[C@@H]1N(C(=O)CSC)CC2. The van der Waals surface area contributed by atoms with Gasteiger partial charge in [-0.15, -0.1) is 0 Å². The minimum Gasteiger partial charge on any atom is -0.376 e. The van der Waals surface area contributed by atoms with Gasteiger partial charge < -0.3 is 19.5 Å². The Hall–Kier alpha value is -1.54. The van der Waals surface area contributed by atoms with Gasteiger partial charge >= 0.3 is 0 Å². The predicted octanol–water partition coefficient (Wildman–Crippen LogP) is 1.61. The molecule has 25 heavy (non-hydrogen) atoms. The molecule has 3 rings (SSSR count). The smallest absolute Gasteiger partial charge is 0.273 e. The fraction of sp³-hybridized carbons (Fsp3) is 0.706. The van der Waals surface area contributed by atoms with E-state index in [2.05, 4.69) is 10.5 Å². The molecule has 2 heterocycles. The second-order valence-electron chi connectivity index (χ2n) is 6.82. The van der Waals surface area contributed by atoms with Crippen molar-refractivity contribution in [1.82, 2.24) is 15.4 Å². The molecule has 1 saturated heterocycles. The quantitative estimate of drug-likeness (QED) is 0.851. The van der Waals surface area contributed by atoms with E-state index in [0.29, 0.717) is 23.6 Å². The third-order valence-electron chi connectivity index (χ3n) is 5.37. The molecular weight excluding hydrogens is 342 g/mol. The molecule has 3 atom stereocenters. The Morgan fingerprint density at radius 1 is 1.52 bits per heavy atom. The van der Waals surface area contributed by atoms with Crippen LogP contribution in [0.2, 0.25) is 0 Å². The Kier molecular flexibility index (Phi) is 5.38. The van der Waals surface area contributed by atoms with Gasteiger partial charge in [0.2, 0.25) is 5.91 Å². The maximum absolute atomic E-state index is 12.5. The largest absolute Gasteiger partial charge is 0.376 e. The first kappa shape index (κ1) is 18.3. The van der Waals surface area contributed by atoms with E-state index < -0.39 is 0 Å². The molecule has 0 unspecified atom stereocenters. The molecule has 0 aromatic carbocycles. The van der Waals surface area contributed by atoms with Gasteiger partial charge in [-0.25, -0.2) is 0 Å². The zero-order valence-corrected chi connectivity index (χ0v) is 15.7. The van der Waals surface area contributed by atoms with Crippen LogP contribution in [0.3, 0.4) is 0 Å². The number of carbonyl (C=O) groups excluding carboxylic acids is 2. The van der Waals surface area contributed by atoms with Crippen LogP contribution in [0.15, 0.2) is 10.6 Å². The number of aryl methyl sites for hydroxylation is 1. The number of hydrogen-bond acceptors (Lipinski definition) is 6. The number of aromatic nitrogens is 1. The van der Waals surface area contributed by atoms with E-state index in [9.17, 15) is 9.59 Å². The molecular formula is C17H25N3O4S. The van der Waals surface area contributed by atoms with Gasteiger partial charge in [-0.1, -0.05) is 5.16 Å². The molecule has 1 aromatic heterocycles. The monoisotopic (exact) mass is 367 g/mol. The van der Waals surface area contributed by atoms with Gasteiger partial charge in [-0.3, -0.25) is 9.59 Å². The zero-order valence-electron chi connectivity index (χ0n) is 14.9. The van der Waals surface area contributed by atoms with Crippen molar-refractivity contribution in [3.05, 3.63) is 17.5 Å². The minimum atomic E-state index is -0.278. The number of thioether (sulfide) groups is 1. The molecule has 8 heteroatoms. The number of ether oxygens (including phenoxy) is 1. The van der Waals surface area contributed by atoms with E-state index in [1.807, 2.05) is 11.2 Å². The molecule has 0 bridgehead atoms. The fourth-order valence-corrected chi connectivity index (χ4v) is 4.48. The Labute approximate surface area is 151 Å². The van der Waals surface area contributed by atoms with Crippen LogP contribution in [0.25, 0.3) is 0 Å². The van der Waals surface area contributed by atoms with E-state index >= 15 is 0 Å². The number of methoxy groups -OCH3 is 1. The summed E-state index contributed by atoms with van der Waals surface area (Å²) >= 11 is 1.53. The molecule has 1 N–H and O–H groups in total. The third-order valence-corrected chi connectivity index (χ3v) is 5.91. The number of amides is 2. The van der Waals surface area contributed by atoms with Crippen LogP contribution in [0.5, 0.6) is 0 Å². The van der Waals surface area contributed by atoms with Crippen LogP contribution < -0.4 is 5.32 Å². The summed E-state index contributed by atoms with van der Waals surface area (Å²) < 4.78 is 10.8. The Morgan fingerprint density at radius 2 is 2.32 bits per heavy atom. The Balaban J connectivity index is 1.69. The number of nitrogens with zero attached hydrogens (tertiary/aromatic N) is 2. The van der Waals surface area contributed by atoms with Crippen molar-refractivity contribution >= 4 is 23.6 Å². The maximum Gasteiger partial charge on any atom is 0.273 e. The summed E-state index contributed by atoms with van der Waals surface area (Å²) in [4.78, 5) is 26.7. The lowest BCUT2D eigenvalue weighted by molar-refractivity contribution is -0.134. The van der Waals surface area contributed by atoms with Crippen LogP contribution in [-0.4, -0.2) is 65.2 Å². The lowest BCUT2D eigenvalue weighted by Gasteiger charge is -2.43. The van der Waals surface area contributed by atoms with Crippen molar-refractivity contribution in [2.24, 2.45) is 0 Å². The highest BCUT2D eigenvalue weighted by Crippen LogP contribution is 2.42. The molecule has 138 valence electrons. The third kappa shape index (κ3) is 3.55. The first-order valence-corrected chi connectivity index (χ1v) is 9.96. The lowest BCUT2D eigenvalue weighted by Crippen LogP contribution is -2.56. The standard InChI is InChI=1S/C17H25N3O4S/c1-11-8-13(19-24-11)16(22)18-12-4-5-17(23-2)6-7-20(14(17)9-12)15(21)10-25-3/h8,12,14H,4-7,9-10H2,1-3H3,(H,18,22)/t12-,14+,17-/m1/s1. The molecule has 0 spiro atoms. The van der Waals surface area contributed by atoms with Crippen molar-refractivity contribution in [2.45, 2.75) is 50.3 Å². The number of hydrogen-bond donors (Lipinski definition) is 1. The van der Waals surface area contributed by atoms with Gasteiger partial charge in [0, 0.05) is 25.8 Å². The van der Waals surface area contributed by atoms with Gasteiger partial charge in [0.05, 0.1) is 17.4 Å². The summed E-state index contributed by atoms with van der Waals surface area (Å²) in [5.41, 5.74) is 0.0163. The van der Waals surface area contributed by atoms with Gasteiger partial charge in [0.1, 0.15) is 5.76 Å². The second kappa shape index (κ2) is 7.37. The highest BCUT2D eigenvalue weighted by Gasteiger charge is 2.52. The molecule has 1 saturated carbocycles. The number of fused-ring (bicyclic) bond motifs is 1. The number of rotatable bonds is 5. The first-order chi connectivity index (χ1) is 12.0. The molecule has 1 aromatic rings. The van der Waals surface area contributed by atoms with Crippen molar-refractivity contribution < 1.29 is 18.8 Å². The summed E-state index contributed by atoms with van der Waals surface area (Å²) in [6.07, 6.45) is 5.16. The molecule has 1 aliphatic heterocycles. The first-order valence-electron chi connectivity index (χ1n) is 8.57. The van der Waals surface area contributed by atoms with Crippen molar-refractivity contribution in [3.63, 3.8) is 0 Å². The number of nitrogens with one attached hydrogen (secondary N) is 1. The van der Waals surface area contributed by atoms with Crippen molar-refractivity contribution in [3.8, 4) is 0 Å². The van der Waals surface area contributed by atoms with Gasteiger partial charge in [-0.05, 0) is 38.9 Å². The van der Waals surface area contributed by atoms with Gasteiger partial charge in [0.25, 0.3) is 5.91 Å². The highest BCUT2D eigenvalue weighted by molar-refractivity contribution is 7.99. The van der Waals surface area contributed by atoms with Crippen LogP contribution in [0.1, 0.15) is 41.9 Å². The van der Waals surface area contributed by atoms with Crippen molar-refractivity contribution in [2.75, 3.05) is 25.7 Å². The normalized spacial score (nSPS) is 28.7. The second-order valence-corrected chi connectivity index (χ2v) is 7.69. The highest BCUT2D eigenvalue weighted by atomic mass is 32.2. The lowest BCUT2D eigenvalue weighted by atomic mass is 9.78. The molecule has 2 amide bonds. The average molecular weight is 367 g/mol. The van der Waals surface area contributed by atoms with Crippen LogP contribution in [0, 0.1) is 6.92 Å². The molecule has 2 aliphatic rings. The number of carbonyl (C=O) groups is 2. The van der Waals surface area contributed by atoms with E-state index in [1.165, 1.54) is 11.8 Å². The topological polar surface area (TPSA) is 84.7 Å². The van der Waals surface area contributed by atoms with Crippen molar-refractivity contribution in [1.29, 1.82) is 0 Å². The maximum atomic E-state index is 12.5. The Bertz CT molecular complexity index is 650. The fourth-order valence-electron chi connectivity index (χ4n) is 4.06. The van der Waals surface area contributed by atoms with E-state index in [4.69, 9.17) is 9.26 Å². The van der Waals surface area contributed by atoms with Crippen LogP contribution in [-0.2, 0) is 9.53 Å². The average Bonchev–Trinajstić information content (AvgIpc) is 3.19. The summed E-state index contributed by atoms with van der Waals surface area (Å²) in [5, 5.41) is 6.80. The van der Waals surface area contributed by atoms with E-state index in [0.717, 1.165) is 25.8 Å². The zero-order chi connectivity index (χ0) is 18.0. The molecule has 0 radical (unpaired) electrons. The summed E-state index contributed by atoms with van der Waals surface area (Å²) in [6.45, 7) is 2.48. The van der Waals surface area contributed by atoms with Gasteiger partial charge in [0.15, 0.2) is 5.69 Å². The summed E-state index contributed by atoms with van der Waals surface area (Å²) in [5.74, 6) is 1.00. The minimum absolute atomic E-state index is 0.000427. The number of likely N-dealkylation sites (tertiary alicyclic amines) is 1. The van der Waals surface area contributed by atoms with Crippen LogP contribution >= 0.6 is 11.8 Å². The van der Waals surface area contributed by atoms with Gasteiger partial charge in [-0.2, -0.15) is 11.8 Å². The van der Waals surface area contributed by atoms with E-state index in [1.54, 1.807) is 20.1 Å². The summed E-state index contributed by atoms with van der Waals surface area (Å²) in [6, 6.07) is 1.64. The van der Waals surface area contributed by atoms with E-state index in [-0.39, 0.29) is 29.5 Å². The van der Waals surface area contributed by atoms with Crippen LogP contribution in [0.4, 0.5) is 0 Å². The summed E-state index contributed by atoms with van der Waals surface area (Å²) in [7, 11) is 1.73. The molecule has 7 nitrogen and oxygen atoms in total.